The summed E-state index contributed by atoms with van der Waals surface area (Å²) in [5, 5.41) is 11.1. The molecule has 8 heteroatoms. The van der Waals surface area contributed by atoms with E-state index in [4.69, 9.17) is 4.74 Å². The Kier molecular flexibility index (Phi) is 7.04. The lowest BCUT2D eigenvalue weighted by Crippen LogP contribution is -2.27. The summed E-state index contributed by atoms with van der Waals surface area (Å²) in [5.41, 5.74) is 0.219. The van der Waals surface area contributed by atoms with Crippen LogP contribution >= 0.6 is 0 Å². The third-order valence-corrected chi connectivity index (χ3v) is 7.27. The Morgan fingerprint density at radius 3 is 2.24 bits per heavy atom. The van der Waals surface area contributed by atoms with Gasteiger partial charge in [-0.05, 0) is 40.8 Å². The molecule has 0 amide bonds. The average molecular weight is 524 g/mol. The number of anilines is 1. The summed E-state index contributed by atoms with van der Waals surface area (Å²) in [7, 11) is -3.24. The van der Waals surface area contributed by atoms with Gasteiger partial charge in [-0.2, -0.15) is 13.2 Å². The van der Waals surface area contributed by atoms with Crippen LogP contribution in [0.1, 0.15) is 17.2 Å². The van der Waals surface area contributed by atoms with Crippen molar-refractivity contribution < 1.29 is 27.2 Å². The minimum Gasteiger partial charge on any atom is -0.493 e. The molecule has 2 N–H and O–H groups in total. The topological polar surface area (TPSA) is 58.6 Å². The Labute approximate surface area is 215 Å². The van der Waals surface area contributed by atoms with Crippen LogP contribution in [0.3, 0.4) is 0 Å². The maximum atomic E-state index is 12.8. The van der Waals surface area contributed by atoms with Gasteiger partial charge in [0.25, 0.3) is 0 Å². The lowest BCUT2D eigenvalue weighted by Gasteiger charge is -2.31. The number of alkyl halides is 3. The van der Waals surface area contributed by atoms with Gasteiger partial charge in [0, 0.05) is 17.0 Å². The van der Waals surface area contributed by atoms with Gasteiger partial charge in [0.05, 0.1) is 18.4 Å². The Bertz CT molecular complexity index is 1410. The molecule has 1 aliphatic heterocycles. The quantitative estimate of drug-likeness (QED) is 0.289. The van der Waals surface area contributed by atoms with E-state index in [1.54, 1.807) is 36.4 Å². The number of aliphatic hydroxyl groups is 1. The fraction of sp³-hybridized carbons (Fsp3) is 0.172. The molecule has 0 fully saturated rings. The number of benzene rings is 4. The molecule has 0 aromatic heterocycles. The first kappa shape index (κ1) is 25.0. The number of halogens is 3. The summed E-state index contributed by atoms with van der Waals surface area (Å²) in [6, 6.07) is 29.8. The Morgan fingerprint density at radius 1 is 0.865 bits per heavy atom. The molecule has 0 aliphatic carbocycles. The Morgan fingerprint density at radius 2 is 1.51 bits per heavy atom. The van der Waals surface area contributed by atoms with Crippen molar-refractivity contribution >= 4 is 16.7 Å². The molecular formula is C29H24F3NO3S. The van der Waals surface area contributed by atoms with Gasteiger partial charge in [-0.3, -0.25) is 4.72 Å². The molecule has 4 aromatic rings. The fourth-order valence-electron chi connectivity index (χ4n) is 4.53. The van der Waals surface area contributed by atoms with Crippen molar-refractivity contribution in [3.63, 3.8) is 0 Å². The van der Waals surface area contributed by atoms with Gasteiger partial charge in [0.2, 0.25) is 11.0 Å². The summed E-state index contributed by atoms with van der Waals surface area (Å²) < 4.78 is 58.1. The predicted octanol–water partition coefficient (Wildman–Crippen LogP) is 6.90. The molecule has 4 aromatic carbocycles. The van der Waals surface area contributed by atoms with Gasteiger partial charge in [0.1, 0.15) is 5.75 Å². The molecular weight excluding hydrogens is 499 g/mol. The van der Waals surface area contributed by atoms with Gasteiger partial charge < -0.3 is 9.84 Å². The van der Waals surface area contributed by atoms with Crippen LogP contribution in [0.25, 0.3) is 22.3 Å². The first-order chi connectivity index (χ1) is 17.8. The molecule has 3 atom stereocenters. The highest BCUT2D eigenvalue weighted by molar-refractivity contribution is 7.87. The number of aliphatic hydroxyl groups excluding tert-OH is 1. The van der Waals surface area contributed by atoms with Gasteiger partial charge >= 0.3 is 5.51 Å². The zero-order chi connectivity index (χ0) is 26.0. The van der Waals surface area contributed by atoms with Crippen molar-refractivity contribution in [3.05, 3.63) is 108 Å². The highest BCUT2D eigenvalue weighted by Crippen LogP contribution is 2.41. The zero-order valence-electron chi connectivity index (χ0n) is 19.6. The molecule has 5 rings (SSSR count). The highest BCUT2D eigenvalue weighted by Gasteiger charge is 2.38. The van der Waals surface area contributed by atoms with E-state index in [1.165, 1.54) is 6.07 Å². The molecule has 0 saturated carbocycles. The predicted molar refractivity (Wildman–Crippen MR) is 139 cm³/mol. The molecule has 37 heavy (non-hydrogen) atoms. The molecule has 0 bridgehead atoms. The summed E-state index contributed by atoms with van der Waals surface area (Å²) in [5.74, 6) is 0.330. The molecule has 4 nitrogen and oxygen atoms in total. The SMILES string of the molecule is O=S(Nc1ccccc1-c1ccc2c(c1)OCC(Cc1ccc(-c3ccccc3)cc1)C2O)C(F)(F)F. The maximum absolute atomic E-state index is 12.8. The van der Waals surface area contributed by atoms with E-state index in [0.29, 0.717) is 35.5 Å². The second-order valence-electron chi connectivity index (χ2n) is 8.90. The summed E-state index contributed by atoms with van der Waals surface area (Å²) in [6.07, 6.45) is -0.120. The van der Waals surface area contributed by atoms with E-state index in [-0.39, 0.29) is 11.6 Å². The average Bonchev–Trinajstić information content (AvgIpc) is 2.91. The highest BCUT2D eigenvalue weighted by atomic mass is 32.2. The van der Waals surface area contributed by atoms with Crippen LogP contribution in [0.15, 0.2) is 97.1 Å². The van der Waals surface area contributed by atoms with Crippen LogP contribution < -0.4 is 9.46 Å². The number of ether oxygens (including phenoxy) is 1. The maximum Gasteiger partial charge on any atom is 0.490 e. The zero-order valence-corrected chi connectivity index (χ0v) is 20.4. The second kappa shape index (κ2) is 10.4. The lowest BCUT2D eigenvalue weighted by molar-refractivity contribution is -0.0379. The Balaban J connectivity index is 1.32. The van der Waals surface area contributed by atoms with E-state index in [0.717, 1.165) is 16.7 Å². The minimum absolute atomic E-state index is 0.0892. The van der Waals surface area contributed by atoms with Crippen molar-refractivity contribution in [1.82, 2.24) is 0 Å². The van der Waals surface area contributed by atoms with Gasteiger partial charge in [0.15, 0.2) is 0 Å². The molecule has 1 heterocycles. The normalized spacial score (nSPS) is 17.9. The molecule has 0 radical (unpaired) electrons. The standard InChI is InChI=1S/C29H24F3NO3S/c30-29(31,32)37(35)33-26-9-5-4-8-24(26)22-14-15-25-27(17-22)36-18-23(28(25)34)16-19-10-12-21(13-11-19)20-6-2-1-3-7-20/h1-15,17,23,28,33-34H,16,18H2. The number of hydrogen-bond donors (Lipinski definition) is 2. The molecule has 1 aliphatic rings. The van der Waals surface area contributed by atoms with Crippen LogP contribution in [0.4, 0.5) is 18.9 Å². The summed E-state index contributed by atoms with van der Waals surface area (Å²) >= 11 is 0. The molecule has 190 valence electrons. The van der Waals surface area contributed by atoms with Crippen LogP contribution in [-0.4, -0.2) is 21.4 Å². The van der Waals surface area contributed by atoms with Crippen LogP contribution in [-0.2, 0) is 17.4 Å². The first-order valence-corrected chi connectivity index (χ1v) is 12.9. The van der Waals surface area contributed by atoms with Crippen LogP contribution in [0.5, 0.6) is 5.75 Å². The van der Waals surface area contributed by atoms with E-state index in [9.17, 15) is 22.5 Å². The Hall–Kier alpha value is -3.62. The third-order valence-electron chi connectivity index (χ3n) is 6.44. The summed E-state index contributed by atoms with van der Waals surface area (Å²) in [6.45, 7) is 0.302. The van der Waals surface area contributed by atoms with Gasteiger partial charge in [-0.25, -0.2) is 4.21 Å². The lowest BCUT2D eigenvalue weighted by atomic mass is 9.87. The minimum atomic E-state index is -4.88. The van der Waals surface area contributed by atoms with E-state index in [1.807, 2.05) is 22.9 Å². The number of nitrogens with one attached hydrogen (secondary N) is 1. The number of fused-ring (bicyclic) bond motifs is 1. The smallest absolute Gasteiger partial charge is 0.490 e. The van der Waals surface area contributed by atoms with Gasteiger partial charge in [-0.15, -0.1) is 0 Å². The number of rotatable bonds is 6. The molecule has 0 spiro atoms. The van der Waals surface area contributed by atoms with E-state index in [2.05, 4.69) is 36.4 Å². The molecule has 0 saturated heterocycles. The summed E-state index contributed by atoms with van der Waals surface area (Å²) in [4.78, 5) is 0. The van der Waals surface area contributed by atoms with Crippen molar-refractivity contribution in [2.24, 2.45) is 5.92 Å². The second-order valence-corrected chi connectivity index (χ2v) is 10.1. The van der Waals surface area contributed by atoms with Crippen LogP contribution in [0.2, 0.25) is 0 Å². The van der Waals surface area contributed by atoms with Crippen molar-refractivity contribution in [2.45, 2.75) is 18.0 Å². The first-order valence-electron chi connectivity index (χ1n) is 11.7. The largest absolute Gasteiger partial charge is 0.493 e. The van der Waals surface area contributed by atoms with Crippen molar-refractivity contribution in [3.8, 4) is 28.0 Å². The van der Waals surface area contributed by atoms with Crippen molar-refractivity contribution in [1.29, 1.82) is 0 Å². The van der Waals surface area contributed by atoms with E-state index < -0.39 is 22.6 Å². The third kappa shape index (κ3) is 5.55. The van der Waals surface area contributed by atoms with Crippen LogP contribution in [0, 0.1) is 5.92 Å². The van der Waals surface area contributed by atoms with E-state index >= 15 is 0 Å². The monoisotopic (exact) mass is 523 g/mol. The number of para-hydroxylation sites is 1. The molecule has 3 unspecified atom stereocenters. The van der Waals surface area contributed by atoms with Crippen molar-refractivity contribution in [2.75, 3.05) is 11.3 Å². The fourth-order valence-corrected chi connectivity index (χ4v) is 5.03. The van der Waals surface area contributed by atoms with Gasteiger partial charge in [-0.1, -0.05) is 84.9 Å². The number of hydrogen-bond acceptors (Lipinski definition) is 3.